The van der Waals surface area contributed by atoms with Crippen molar-refractivity contribution in [1.82, 2.24) is 35.2 Å². The van der Waals surface area contributed by atoms with E-state index in [1.165, 1.54) is 60.5 Å². The number of carbonyl (C=O) groups is 3. The Morgan fingerprint density at radius 1 is 0.675 bits per heavy atom. The zero-order valence-corrected chi connectivity index (χ0v) is 51.8. The molecule has 3 aromatic rings. The van der Waals surface area contributed by atoms with Crippen LogP contribution in [0.2, 0.25) is 5.15 Å². The number of thioether (sulfide) groups is 3. The lowest BCUT2D eigenvalue weighted by Gasteiger charge is -2.21. The van der Waals surface area contributed by atoms with Gasteiger partial charge in [-0.1, -0.05) is 61.7 Å². The number of nitrogens with one attached hydrogen (secondary N) is 3. The number of aldehydes is 2. The molecule has 27 heteroatoms. The predicted octanol–water partition coefficient (Wildman–Crippen LogP) is 8.63. The lowest BCUT2D eigenvalue weighted by Crippen LogP contribution is -2.38. The molecule has 0 aromatic carbocycles. The zero-order valence-electron chi connectivity index (χ0n) is 47.8. The molecule has 0 bridgehead atoms. The van der Waals surface area contributed by atoms with Crippen molar-refractivity contribution in [3.05, 3.63) is 40.4 Å². The Hall–Kier alpha value is -3.57. The number of halogens is 2. The van der Waals surface area contributed by atoms with Crippen LogP contribution in [-0.2, 0) is 9.47 Å². The van der Waals surface area contributed by atoms with Crippen molar-refractivity contribution in [2.24, 2.45) is 10.7 Å². The Kier molecular flexibility index (Phi) is 42.1. The molecule has 10 atom stereocenters. The number of ether oxygens (including phenoxy) is 2. The van der Waals surface area contributed by atoms with Gasteiger partial charge in [0.2, 0.25) is 0 Å². The second kappa shape index (κ2) is 44.0. The number of nitrogens with zero attached hydrogens (tertiary/aromatic N) is 7. The van der Waals surface area contributed by atoms with Crippen LogP contribution in [0.25, 0.3) is 0 Å². The fraction of sp³-hybridized carbons (Fsp3) is 0.714. The Bertz CT molecular complexity index is 2290. The second-order valence-electron chi connectivity index (χ2n) is 20.8. The van der Waals surface area contributed by atoms with E-state index < -0.39 is 11.7 Å². The van der Waals surface area contributed by atoms with E-state index in [9.17, 15) is 34.8 Å². The van der Waals surface area contributed by atoms with E-state index in [0.717, 1.165) is 120 Å². The van der Waals surface area contributed by atoms with Gasteiger partial charge in [0, 0.05) is 68.8 Å². The number of aliphatic imine (C=N–C) groups is 1. The average molecular weight is 1270 g/mol. The molecule has 474 valence electrons. The molecule has 9 rings (SSSR count). The molecule has 22 nitrogen and oxygen atoms in total. The highest BCUT2D eigenvalue weighted by atomic mass is 35.5. The number of aliphatic hydroxyl groups is 6. The summed E-state index contributed by atoms with van der Waals surface area (Å²) in [5.41, 5.74) is 6.66. The van der Waals surface area contributed by atoms with E-state index >= 15 is 0 Å². The molecule has 6 fully saturated rings. The van der Waals surface area contributed by atoms with Crippen LogP contribution in [-0.4, -0.2) is 190 Å². The van der Waals surface area contributed by atoms with Crippen LogP contribution in [0.4, 0.5) is 16.4 Å². The fourth-order valence-corrected chi connectivity index (χ4v) is 10.0. The molecule has 0 spiro atoms. The Morgan fingerprint density at radius 2 is 1.08 bits per heavy atom. The Balaban J connectivity index is 0.00000101. The maximum absolute atomic E-state index is 11.3. The third-order valence-electron chi connectivity index (χ3n) is 12.8. The summed E-state index contributed by atoms with van der Waals surface area (Å²) in [5, 5.41) is 65.9. The third-order valence-corrected chi connectivity index (χ3v) is 14.8. The molecule has 5 saturated carbocycles. The van der Waals surface area contributed by atoms with Crippen LogP contribution in [0.1, 0.15) is 178 Å². The highest BCUT2D eigenvalue weighted by Gasteiger charge is 2.28. The molecular weight excluding hydrogens is 1170 g/mol. The van der Waals surface area contributed by atoms with E-state index in [4.69, 9.17) is 37.0 Å². The van der Waals surface area contributed by atoms with Crippen LogP contribution in [0.15, 0.2) is 39.1 Å². The van der Waals surface area contributed by atoms with Gasteiger partial charge in [-0.3, -0.25) is 14.6 Å². The zero-order chi connectivity index (χ0) is 59.0. The van der Waals surface area contributed by atoms with Crippen LogP contribution < -0.4 is 21.7 Å². The lowest BCUT2D eigenvalue weighted by atomic mass is 10.2. The SMILES string of the molecule is C.C.C1CCOC1.CC(C)(C)OC(=O)N[C@@H]1CC[C@@H](O)C1.CCO.CSc1ncc(C=N[C@@H]2CC[C@@H](O)C2)c(N[C@@H]2CC[C@@H](O)C2)n1.CSc1ncc(C=O)c(Cl)n1.CSc1ncc(C=O)c(N[C@@H]2CC[C@@H](O)C2)n1.Cl.N[C@@H]1CC[C@@H](O)C1. The molecule has 83 heavy (non-hydrogen) atoms. The number of alkyl carbamates (subject to hydrolysis) is 1. The summed E-state index contributed by atoms with van der Waals surface area (Å²) in [6.07, 6.45) is 27.1. The number of aliphatic hydroxyl groups excluding tert-OH is 6. The second-order valence-corrected chi connectivity index (χ2v) is 23.5. The average Bonchev–Trinajstić information content (AvgIpc) is 4.32. The maximum Gasteiger partial charge on any atom is 0.407 e. The van der Waals surface area contributed by atoms with Crippen molar-refractivity contribution >= 4 is 95.8 Å². The summed E-state index contributed by atoms with van der Waals surface area (Å²) in [6.45, 7) is 9.42. The van der Waals surface area contributed by atoms with E-state index in [0.29, 0.717) is 46.4 Å². The number of amides is 1. The van der Waals surface area contributed by atoms with Crippen molar-refractivity contribution in [2.75, 3.05) is 49.2 Å². The number of carbonyl (C=O) groups excluding carboxylic acids is 3. The van der Waals surface area contributed by atoms with Gasteiger partial charge in [-0.15, -0.1) is 12.4 Å². The molecule has 4 heterocycles. The van der Waals surface area contributed by atoms with Gasteiger partial charge in [0.05, 0.1) is 53.3 Å². The first-order valence-electron chi connectivity index (χ1n) is 27.4. The topological polar surface area (TPSA) is 343 Å². The minimum Gasteiger partial charge on any atom is -0.444 e. The summed E-state index contributed by atoms with van der Waals surface area (Å²) in [4.78, 5) is 62.0. The van der Waals surface area contributed by atoms with Crippen molar-refractivity contribution in [2.45, 2.75) is 234 Å². The molecule has 1 amide bonds. The molecule has 5 aliphatic carbocycles. The Labute approximate surface area is 516 Å². The molecule has 1 saturated heterocycles. The summed E-state index contributed by atoms with van der Waals surface area (Å²) < 4.78 is 10.0. The molecule has 3 aromatic heterocycles. The van der Waals surface area contributed by atoms with Crippen molar-refractivity contribution in [3.8, 4) is 0 Å². The van der Waals surface area contributed by atoms with Gasteiger partial charge in [-0.05, 0) is 156 Å². The molecular formula is C56H97Cl2N11O11S3. The maximum atomic E-state index is 11.3. The van der Waals surface area contributed by atoms with Gasteiger partial charge in [-0.25, -0.2) is 34.7 Å². The predicted molar refractivity (Wildman–Crippen MR) is 337 cm³/mol. The van der Waals surface area contributed by atoms with Gasteiger partial charge in [0.15, 0.2) is 28.0 Å². The van der Waals surface area contributed by atoms with Crippen LogP contribution >= 0.6 is 59.3 Å². The fourth-order valence-electron chi connectivity index (χ4n) is 8.78. The quantitative estimate of drug-likeness (QED) is 0.0266. The number of nitrogens with two attached hydrogens (primary N) is 1. The van der Waals surface area contributed by atoms with Gasteiger partial charge in [-0.2, -0.15) is 0 Å². The minimum atomic E-state index is -0.457. The van der Waals surface area contributed by atoms with Crippen LogP contribution in [0.3, 0.4) is 0 Å². The normalized spacial score (nSPS) is 24.6. The molecule has 6 aliphatic rings. The summed E-state index contributed by atoms with van der Waals surface area (Å²) in [6, 6.07) is 0.963. The van der Waals surface area contributed by atoms with E-state index in [2.05, 4.69) is 50.8 Å². The van der Waals surface area contributed by atoms with E-state index in [1.54, 1.807) is 13.1 Å². The van der Waals surface area contributed by atoms with Crippen molar-refractivity contribution in [1.29, 1.82) is 0 Å². The smallest absolute Gasteiger partial charge is 0.407 e. The van der Waals surface area contributed by atoms with Gasteiger partial charge in [0.1, 0.15) is 22.4 Å². The lowest BCUT2D eigenvalue weighted by molar-refractivity contribution is 0.0501. The Morgan fingerprint density at radius 3 is 1.43 bits per heavy atom. The highest BCUT2D eigenvalue weighted by Crippen LogP contribution is 2.27. The first-order chi connectivity index (χ1) is 38.2. The monoisotopic (exact) mass is 1270 g/mol. The van der Waals surface area contributed by atoms with Crippen LogP contribution in [0, 0.1) is 0 Å². The first kappa shape index (κ1) is 79.4. The summed E-state index contributed by atoms with van der Waals surface area (Å²) >= 11 is 9.93. The minimum absolute atomic E-state index is 0. The molecule has 0 unspecified atom stereocenters. The highest BCUT2D eigenvalue weighted by molar-refractivity contribution is 7.98. The largest absolute Gasteiger partial charge is 0.444 e. The van der Waals surface area contributed by atoms with Crippen LogP contribution in [0.5, 0.6) is 0 Å². The third kappa shape index (κ3) is 33.2. The van der Waals surface area contributed by atoms with E-state index in [-0.39, 0.29) is 99.7 Å². The number of hydrogen-bond acceptors (Lipinski definition) is 24. The first-order valence-corrected chi connectivity index (χ1v) is 31.5. The van der Waals surface area contributed by atoms with E-state index in [1.807, 2.05) is 45.8 Å². The summed E-state index contributed by atoms with van der Waals surface area (Å²) in [5.74, 6) is 1.35. The van der Waals surface area contributed by atoms with Gasteiger partial charge < -0.3 is 61.8 Å². The summed E-state index contributed by atoms with van der Waals surface area (Å²) in [7, 11) is 0. The van der Waals surface area contributed by atoms with Crippen molar-refractivity contribution < 1.29 is 54.5 Å². The molecule has 11 N–H and O–H groups in total. The van der Waals surface area contributed by atoms with Gasteiger partial charge >= 0.3 is 6.09 Å². The number of rotatable bonds is 12. The number of aromatic nitrogens is 6. The standard InChI is InChI=1S/C16H24N4O2S.C11H15N3O2S.C10H19NO3.C6H5ClN2OS.C5H11NO.C4H8O.C2H6O.2CH4.ClH/c1-23-16-18-9-10(8-17-11-2-4-13(21)6-11)15(20-16)19-12-3-5-14(22)7-12;1-17-11-12-5-7(6-15)10(14-11)13-8-2-3-9(16)4-8;1-10(2,3)14-9(13)11-7-4-5-8(12)6-7;1-11-6-8-2-4(3-10)5(7)9-6;6-4-1-2-5(7)3-4;1-2-4-5-3-1;1-2-3;;;/h8-9,11-14,21-22H,2-7H2,1H3,(H,18,19,20);5-6,8-9,16H,2-4H2,1H3,(H,12,13,14);7-8,12H,4-6H2,1-3H3,(H,11,13);2-3H,1H3;4-5,7H,1-3,6H2;1-4H2;3H,2H2,1H3;2*1H4;1H/t11-,12-,13-,14-;8-,9-;7-,8-;;4-,5-;;;;;/m111.1...../s1. The molecule has 0 radical (unpaired) electrons. The molecule has 1 aliphatic heterocycles. The van der Waals surface area contributed by atoms with Gasteiger partial charge in [0.25, 0.3) is 0 Å². The number of anilines is 2. The van der Waals surface area contributed by atoms with Crippen molar-refractivity contribution in [3.63, 3.8) is 0 Å². The number of hydrogen-bond donors (Lipinski definition) is 10.